The van der Waals surface area contributed by atoms with Gasteiger partial charge in [-0.15, -0.1) is 11.8 Å². The van der Waals surface area contributed by atoms with Crippen LogP contribution in [0.5, 0.6) is 5.75 Å². The molecular formula is C33H27F2N3O8S3. The molecule has 1 amide bonds. The number of aromatic nitrogens is 1. The van der Waals surface area contributed by atoms with Crippen LogP contribution in [0, 0.1) is 11.6 Å². The Morgan fingerprint density at radius 3 is 2.24 bits per heavy atom. The summed E-state index contributed by atoms with van der Waals surface area (Å²) in [7, 11) is -5.26. The first-order chi connectivity index (χ1) is 23.1. The Morgan fingerprint density at radius 2 is 1.63 bits per heavy atom. The average molecular weight is 728 g/mol. The standard InChI is InChI=1S/C33H27F2N3O8S3/c1-36-32(39)28-21-15-20(24(38(2)48(4,40)41)16-26(21)44-30(28)17-9-11-19(34)12-10-17)18-13-22(31(47-3)27(14-18)46-49(5,42)43)33-37-29-23(35)7-6-8-25(29)45-33/h6-16H,1-5H3,(H,36,39). The highest BCUT2D eigenvalue weighted by Gasteiger charge is 2.28. The summed E-state index contributed by atoms with van der Waals surface area (Å²) in [5.41, 5.74) is 1.44. The zero-order chi connectivity index (χ0) is 35.4. The Labute approximate surface area is 284 Å². The number of hydrogen-bond acceptors (Lipinski definition) is 10. The lowest BCUT2D eigenvalue weighted by atomic mass is 9.97. The molecule has 0 saturated heterocycles. The Balaban J connectivity index is 1.72. The third-order valence-electron chi connectivity index (χ3n) is 7.61. The molecule has 0 aliphatic heterocycles. The SMILES string of the molecule is CNC(=O)c1c(-c2ccc(F)cc2)oc2cc(N(C)S(C)(=O)=O)c(-c3cc(OS(C)(=O)=O)c(SC)c(-c4nc5c(F)cccc5o4)c3)cc12. The zero-order valence-corrected chi connectivity index (χ0v) is 28.9. The van der Waals surface area contributed by atoms with Gasteiger partial charge in [0.2, 0.25) is 15.9 Å². The van der Waals surface area contributed by atoms with Gasteiger partial charge in [-0.05, 0) is 66.4 Å². The second-order valence-corrected chi connectivity index (χ2v) is 15.3. The molecule has 11 nitrogen and oxygen atoms in total. The van der Waals surface area contributed by atoms with Crippen LogP contribution in [0.3, 0.4) is 0 Å². The first kappa shape index (κ1) is 34.0. The van der Waals surface area contributed by atoms with Gasteiger partial charge >= 0.3 is 10.1 Å². The highest BCUT2D eigenvalue weighted by molar-refractivity contribution is 7.99. The minimum absolute atomic E-state index is 0.0543. The molecule has 0 aliphatic rings. The fraction of sp³-hybridized carbons (Fsp3) is 0.152. The molecule has 0 radical (unpaired) electrons. The lowest BCUT2D eigenvalue weighted by Crippen LogP contribution is -2.25. The van der Waals surface area contributed by atoms with Crippen LogP contribution < -0.4 is 13.8 Å². The largest absolute Gasteiger partial charge is 0.455 e. The number of thioether (sulfide) groups is 1. The molecule has 1 N–H and O–H groups in total. The van der Waals surface area contributed by atoms with Crippen molar-refractivity contribution < 1.29 is 43.4 Å². The maximum absolute atomic E-state index is 14.7. The number of nitrogens with one attached hydrogen (secondary N) is 1. The van der Waals surface area contributed by atoms with Crippen molar-refractivity contribution in [2.75, 3.05) is 37.2 Å². The van der Waals surface area contributed by atoms with E-state index in [0.717, 1.165) is 28.6 Å². The van der Waals surface area contributed by atoms with Crippen molar-refractivity contribution in [1.29, 1.82) is 0 Å². The third kappa shape index (κ3) is 6.46. The Morgan fingerprint density at radius 1 is 0.918 bits per heavy atom. The van der Waals surface area contributed by atoms with Gasteiger partial charge in [-0.25, -0.2) is 22.2 Å². The molecule has 6 aromatic rings. The average Bonchev–Trinajstić information content (AvgIpc) is 3.65. The minimum Gasteiger partial charge on any atom is -0.455 e. The van der Waals surface area contributed by atoms with E-state index >= 15 is 0 Å². The van der Waals surface area contributed by atoms with E-state index in [1.54, 1.807) is 12.3 Å². The number of hydrogen-bond donors (Lipinski definition) is 1. The number of nitrogens with zero attached hydrogens (tertiary/aromatic N) is 2. The first-order valence-electron chi connectivity index (χ1n) is 14.3. The fourth-order valence-corrected chi connectivity index (χ4v) is 7.03. The van der Waals surface area contributed by atoms with E-state index in [9.17, 15) is 30.4 Å². The van der Waals surface area contributed by atoms with Crippen molar-refractivity contribution in [2.45, 2.75) is 4.90 Å². The van der Waals surface area contributed by atoms with E-state index in [2.05, 4.69) is 10.3 Å². The summed E-state index contributed by atoms with van der Waals surface area (Å²) >= 11 is 1.12. The van der Waals surface area contributed by atoms with E-state index in [1.165, 1.54) is 74.8 Å². The van der Waals surface area contributed by atoms with Gasteiger partial charge in [-0.1, -0.05) is 6.07 Å². The van der Waals surface area contributed by atoms with E-state index in [-0.39, 0.29) is 72.3 Å². The monoisotopic (exact) mass is 727 g/mol. The highest BCUT2D eigenvalue weighted by Crippen LogP contribution is 2.46. The van der Waals surface area contributed by atoms with Crippen LogP contribution in [0.15, 0.2) is 80.5 Å². The summed E-state index contributed by atoms with van der Waals surface area (Å²) < 4.78 is 97.7. The Hall–Kier alpha value is -4.93. The van der Waals surface area contributed by atoms with Crippen molar-refractivity contribution in [2.24, 2.45) is 0 Å². The van der Waals surface area contributed by atoms with Gasteiger partial charge in [0.05, 0.1) is 34.2 Å². The number of para-hydroxylation sites is 1. The van der Waals surface area contributed by atoms with E-state index in [4.69, 9.17) is 13.0 Å². The molecule has 16 heteroatoms. The topological polar surface area (TPSA) is 149 Å². The van der Waals surface area contributed by atoms with Crippen LogP contribution >= 0.6 is 11.8 Å². The zero-order valence-electron chi connectivity index (χ0n) is 26.5. The predicted molar refractivity (Wildman–Crippen MR) is 184 cm³/mol. The summed E-state index contributed by atoms with van der Waals surface area (Å²) in [6.07, 6.45) is 3.53. The van der Waals surface area contributed by atoms with Crippen LogP contribution in [0.25, 0.3) is 56.0 Å². The summed E-state index contributed by atoms with van der Waals surface area (Å²) in [5.74, 6) is -1.77. The number of furan rings is 1. The molecule has 0 fully saturated rings. The number of halogens is 2. The van der Waals surface area contributed by atoms with Gasteiger partial charge < -0.3 is 18.3 Å². The number of benzene rings is 4. The molecule has 2 aromatic heterocycles. The summed E-state index contributed by atoms with van der Waals surface area (Å²) in [5, 5.41) is 2.85. The quantitative estimate of drug-likeness (QED) is 0.126. The van der Waals surface area contributed by atoms with Crippen LogP contribution in [-0.4, -0.2) is 60.6 Å². The molecular weight excluding hydrogens is 701 g/mol. The molecule has 0 bridgehead atoms. The van der Waals surface area contributed by atoms with Crippen molar-refractivity contribution in [3.63, 3.8) is 0 Å². The molecule has 0 atom stereocenters. The molecule has 6 rings (SSSR count). The number of anilines is 1. The van der Waals surface area contributed by atoms with E-state index in [1.807, 2.05) is 0 Å². The number of rotatable bonds is 9. The molecule has 4 aromatic carbocycles. The first-order valence-corrected chi connectivity index (χ1v) is 19.2. The normalized spacial score (nSPS) is 12.1. The number of sulfonamides is 1. The summed E-state index contributed by atoms with van der Waals surface area (Å²) in [6, 6.07) is 15.4. The van der Waals surface area contributed by atoms with Crippen LogP contribution in [0.2, 0.25) is 0 Å². The lowest BCUT2D eigenvalue weighted by molar-refractivity contribution is 0.0964. The summed E-state index contributed by atoms with van der Waals surface area (Å²) in [4.78, 5) is 18.0. The van der Waals surface area contributed by atoms with Gasteiger partial charge in [0.25, 0.3) is 5.91 Å². The third-order valence-corrected chi connectivity index (χ3v) is 10.1. The maximum atomic E-state index is 14.7. The smallest absolute Gasteiger partial charge is 0.306 e. The second kappa shape index (κ2) is 12.5. The van der Waals surface area contributed by atoms with Gasteiger partial charge in [0.1, 0.15) is 22.7 Å². The Kier molecular flexibility index (Phi) is 8.67. The summed E-state index contributed by atoms with van der Waals surface area (Å²) in [6.45, 7) is 0. The number of carbonyl (C=O) groups is 1. The van der Waals surface area contributed by atoms with Gasteiger partial charge in [0, 0.05) is 36.7 Å². The second-order valence-electron chi connectivity index (χ2n) is 10.9. The van der Waals surface area contributed by atoms with Crippen molar-refractivity contribution in [1.82, 2.24) is 10.3 Å². The van der Waals surface area contributed by atoms with E-state index < -0.39 is 37.7 Å². The number of carbonyl (C=O) groups excluding carboxylic acids is 1. The highest BCUT2D eigenvalue weighted by atomic mass is 32.2. The van der Waals surface area contributed by atoms with Crippen LogP contribution in [0.1, 0.15) is 10.4 Å². The number of amides is 1. The van der Waals surface area contributed by atoms with Crippen molar-refractivity contribution in [3.05, 3.63) is 83.9 Å². The molecule has 49 heavy (non-hydrogen) atoms. The fourth-order valence-electron chi connectivity index (χ4n) is 5.34. The molecule has 0 aliphatic carbocycles. The Bertz CT molecular complexity index is 2510. The van der Waals surface area contributed by atoms with Gasteiger partial charge in [-0.2, -0.15) is 8.42 Å². The lowest BCUT2D eigenvalue weighted by Gasteiger charge is -2.22. The van der Waals surface area contributed by atoms with Gasteiger partial charge in [0.15, 0.2) is 17.1 Å². The molecule has 2 heterocycles. The van der Waals surface area contributed by atoms with E-state index in [0.29, 0.717) is 5.56 Å². The molecule has 0 spiro atoms. The van der Waals surface area contributed by atoms with Crippen molar-refractivity contribution in [3.8, 4) is 39.7 Å². The predicted octanol–water partition coefficient (Wildman–Crippen LogP) is 6.67. The number of fused-ring (bicyclic) bond motifs is 2. The van der Waals surface area contributed by atoms with Crippen molar-refractivity contribution >= 4 is 65.6 Å². The minimum atomic E-state index is -4.10. The maximum Gasteiger partial charge on any atom is 0.306 e. The van der Waals surface area contributed by atoms with Gasteiger partial charge in [-0.3, -0.25) is 9.10 Å². The number of oxazole rings is 1. The molecule has 0 saturated carbocycles. The molecule has 254 valence electrons. The van der Waals surface area contributed by atoms with Crippen LogP contribution in [-0.2, 0) is 20.1 Å². The molecule has 0 unspecified atom stereocenters. The van der Waals surface area contributed by atoms with Crippen LogP contribution in [0.4, 0.5) is 14.5 Å².